The SMILES string of the molecule is Nc1c2ccsc2nc(=O)n1NC(=O)c1ccc(Br)cc1. The molecule has 0 fully saturated rings. The summed E-state index contributed by atoms with van der Waals surface area (Å²) in [5, 5.41) is 2.42. The Bertz CT molecular complexity index is 885. The number of carbonyl (C=O) groups excluding carboxylic acids is 1. The number of halogens is 1. The van der Waals surface area contributed by atoms with E-state index in [0.29, 0.717) is 15.8 Å². The van der Waals surface area contributed by atoms with Crippen LogP contribution in [0, 0.1) is 0 Å². The van der Waals surface area contributed by atoms with Crippen molar-refractivity contribution < 1.29 is 4.79 Å². The molecular weight excluding hydrogens is 356 g/mol. The number of benzene rings is 1. The van der Waals surface area contributed by atoms with Crippen LogP contribution in [0.1, 0.15) is 10.4 Å². The van der Waals surface area contributed by atoms with Gasteiger partial charge in [-0.15, -0.1) is 11.3 Å². The van der Waals surface area contributed by atoms with Gasteiger partial charge in [-0.2, -0.15) is 9.66 Å². The van der Waals surface area contributed by atoms with Gasteiger partial charge in [0.05, 0.1) is 5.39 Å². The molecule has 1 aromatic carbocycles. The zero-order valence-corrected chi connectivity index (χ0v) is 12.9. The number of rotatable bonds is 2. The summed E-state index contributed by atoms with van der Waals surface area (Å²) in [7, 11) is 0. The standard InChI is InChI=1S/C13H9BrN4O2S/c14-8-3-1-7(2-4-8)11(19)17-18-10(15)9-5-6-21-12(9)16-13(18)20/h1-6H,15H2,(H,17,19). The summed E-state index contributed by atoms with van der Waals surface area (Å²) in [6, 6.07) is 8.50. The molecule has 3 rings (SSSR count). The topological polar surface area (TPSA) is 90.0 Å². The van der Waals surface area contributed by atoms with Crippen LogP contribution in [0.5, 0.6) is 0 Å². The third-order valence-electron chi connectivity index (χ3n) is 2.87. The normalized spacial score (nSPS) is 10.7. The minimum Gasteiger partial charge on any atom is -0.383 e. The molecule has 0 saturated heterocycles. The molecule has 106 valence electrons. The predicted octanol–water partition coefficient (Wildman–Crippen LogP) is 2.19. The lowest BCUT2D eigenvalue weighted by atomic mass is 10.2. The fraction of sp³-hybridized carbons (Fsp3) is 0. The van der Waals surface area contributed by atoms with Crippen LogP contribution in [0.2, 0.25) is 0 Å². The van der Waals surface area contributed by atoms with Crippen LogP contribution in [-0.2, 0) is 0 Å². The minimum absolute atomic E-state index is 0.164. The van der Waals surface area contributed by atoms with E-state index < -0.39 is 11.6 Å². The van der Waals surface area contributed by atoms with Crippen molar-refractivity contribution in [2.45, 2.75) is 0 Å². The highest BCUT2D eigenvalue weighted by Crippen LogP contribution is 2.21. The molecule has 6 nitrogen and oxygen atoms in total. The number of hydrogen-bond donors (Lipinski definition) is 2. The van der Waals surface area contributed by atoms with Crippen molar-refractivity contribution in [3.63, 3.8) is 0 Å². The molecule has 0 unspecified atom stereocenters. The van der Waals surface area contributed by atoms with Crippen LogP contribution in [0.4, 0.5) is 5.82 Å². The number of fused-ring (bicyclic) bond motifs is 1. The largest absolute Gasteiger partial charge is 0.383 e. The number of nitrogen functional groups attached to an aromatic ring is 1. The highest BCUT2D eigenvalue weighted by atomic mass is 79.9. The minimum atomic E-state index is -0.618. The summed E-state index contributed by atoms with van der Waals surface area (Å²) in [5.41, 5.74) is 8.18. The lowest BCUT2D eigenvalue weighted by Gasteiger charge is -2.11. The van der Waals surface area contributed by atoms with Crippen molar-refractivity contribution in [3.8, 4) is 0 Å². The fourth-order valence-electron chi connectivity index (χ4n) is 1.82. The molecule has 2 heterocycles. The first-order valence-electron chi connectivity index (χ1n) is 5.89. The quantitative estimate of drug-likeness (QED) is 0.729. The molecule has 3 aromatic rings. The zero-order valence-electron chi connectivity index (χ0n) is 10.5. The first-order valence-corrected chi connectivity index (χ1v) is 7.56. The third-order valence-corrected chi connectivity index (χ3v) is 4.21. The first-order chi connectivity index (χ1) is 10.1. The van der Waals surface area contributed by atoms with Crippen LogP contribution in [0.25, 0.3) is 10.2 Å². The summed E-state index contributed by atoms with van der Waals surface area (Å²) in [5.74, 6) is -0.274. The molecule has 0 aliphatic heterocycles. The van der Waals surface area contributed by atoms with Gasteiger partial charge in [-0.05, 0) is 35.7 Å². The number of nitrogens with zero attached hydrogens (tertiary/aromatic N) is 2. The maximum absolute atomic E-state index is 12.1. The van der Waals surface area contributed by atoms with Crippen LogP contribution in [0.3, 0.4) is 0 Å². The Morgan fingerprint density at radius 2 is 2.00 bits per heavy atom. The molecule has 0 spiro atoms. The Balaban J connectivity index is 1.99. The van der Waals surface area contributed by atoms with Crippen molar-refractivity contribution in [2.75, 3.05) is 11.2 Å². The molecule has 0 aliphatic carbocycles. The Morgan fingerprint density at radius 3 is 2.71 bits per heavy atom. The Labute approximate surface area is 131 Å². The van der Waals surface area contributed by atoms with Gasteiger partial charge < -0.3 is 5.73 Å². The number of aromatic nitrogens is 2. The molecule has 0 aliphatic rings. The van der Waals surface area contributed by atoms with E-state index in [1.165, 1.54) is 11.3 Å². The van der Waals surface area contributed by atoms with Crippen molar-refractivity contribution in [1.82, 2.24) is 9.66 Å². The van der Waals surface area contributed by atoms with E-state index >= 15 is 0 Å². The smallest absolute Gasteiger partial charge is 0.369 e. The summed E-state index contributed by atoms with van der Waals surface area (Å²) in [6.07, 6.45) is 0. The van der Waals surface area contributed by atoms with Gasteiger partial charge >= 0.3 is 5.69 Å². The molecule has 1 amide bonds. The van der Waals surface area contributed by atoms with Gasteiger partial charge in [-0.3, -0.25) is 10.2 Å². The number of anilines is 1. The van der Waals surface area contributed by atoms with Crippen molar-refractivity contribution >= 4 is 49.2 Å². The van der Waals surface area contributed by atoms with Gasteiger partial charge in [0, 0.05) is 10.0 Å². The van der Waals surface area contributed by atoms with Gasteiger partial charge in [0.2, 0.25) is 0 Å². The van der Waals surface area contributed by atoms with Crippen LogP contribution < -0.4 is 16.8 Å². The number of amides is 1. The van der Waals surface area contributed by atoms with Crippen LogP contribution >= 0.6 is 27.3 Å². The number of nitrogens with one attached hydrogen (secondary N) is 1. The van der Waals surface area contributed by atoms with Gasteiger partial charge in [0.1, 0.15) is 10.6 Å². The number of thiophene rings is 1. The molecular formula is C13H9BrN4O2S. The van der Waals surface area contributed by atoms with E-state index in [9.17, 15) is 9.59 Å². The van der Waals surface area contributed by atoms with E-state index in [-0.39, 0.29) is 5.82 Å². The van der Waals surface area contributed by atoms with E-state index in [4.69, 9.17) is 5.73 Å². The number of carbonyl (C=O) groups is 1. The van der Waals surface area contributed by atoms with Crippen molar-refractivity contribution in [3.05, 3.63) is 56.2 Å². The lowest BCUT2D eigenvalue weighted by Crippen LogP contribution is -2.36. The van der Waals surface area contributed by atoms with E-state index in [0.717, 1.165) is 9.15 Å². The molecule has 21 heavy (non-hydrogen) atoms. The second-order valence-corrected chi connectivity index (χ2v) is 6.01. The Morgan fingerprint density at radius 1 is 1.29 bits per heavy atom. The maximum Gasteiger partial charge on any atom is 0.369 e. The lowest BCUT2D eigenvalue weighted by molar-refractivity contribution is 0.101. The predicted molar refractivity (Wildman–Crippen MR) is 86.1 cm³/mol. The summed E-state index contributed by atoms with van der Waals surface area (Å²) >= 11 is 4.61. The Kier molecular flexibility index (Phi) is 3.48. The second-order valence-electron chi connectivity index (χ2n) is 4.20. The highest BCUT2D eigenvalue weighted by molar-refractivity contribution is 9.10. The third kappa shape index (κ3) is 2.55. The monoisotopic (exact) mass is 364 g/mol. The summed E-state index contributed by atoms with van der Waals surface area (Å²) in [4.78, 5) is 28.5. The zero-order chi connectivity index (χ0) is 15.0. The fourth-order valence-corrected chi connectivity index (χ4v) is 2.85. The van der Waals surface area contributed by atoms with E-state index in [1.54, 1.807) is 35.7 Å². The summed E-state index contributed by atoms with van der Waals surface area (Å²) in [6.45, 7) is 0. The molecule has 8 heteroatoms. The molecule has 0 atom stereocenters. The second kappa shape index (κ2) is 5.30. The summed E-state index contributed by atoms with van der Waals surface area (Å²) < 4.78 is 1.82. The molecule has 0 bridgehead atoms. The van der Waals surface area contributed by atoms with E-state index in [1.807, 2.05) is 0 Å². The van der Waals surface area contributed by atoms with Crippen molar-refractivity contribution in [2.24, 2.45) is 0 Å². The highest BCUT2D eigenvalue weighted by Gasteiger charge is 2.13. The average molecular weight is 365 g/mol. The number of nitrogens with two attached hydrogens (primary N) is 1. The maximum atomic E-state index is 12.1. The number of hydrogen-bond acceptors (Lipinski definition) is 5. The molecule has 0 radical (unpaired) electrons. The molecule has 3 N–H and O–H groups in total. The molecule has 0 saturated carbocycles. The average Bonchev–Trinajstić information content (AvgIpc) is 2.92. The van der Waals surface area contributed by atoms with Gasteiger partial charge in [-0.25, -0.2) is 4.79 Å². The Hall–Kier alpha value is -2.19. The van der Waals surface area contributed by atoms with Gasteiger partial charge in [0.25, 0.3) is 5.91 Å². The van der Waals surface area contributed by atoms with Gasteiger partial charge in [-0.1, -0.05) is 15.9 Å². The molecule has 2 aromatic heterocycles. The van der Waals surface area contributed by atoms with Gasteiger partial charge in [0.15, 0.2) is 0 Å². The first kappa shape index (κ1) is 13.8. The van der Waals surface area contributed by atoms with Crippen molar-refractivity contribution in [1.29, 1.82) is 0 Å². The van der Waals surface area contributed by atoms with Crippen LogP contribution in [-0.4, -0.2) is 15.6 Å². The van der Waals surface area contributed by atoms with Crippen LogP contribution in [0.15, 0.2) is 45.0 Å². The van der Waals surface area contributed by atoms with E-state index in [2.05, 4.69) is 26.3 Å².